The summed E-state index contributed by atoms with van der Waals surface area (Å²) in [7, 11) is 3.11. The number of amidine groups is 1. The van der Waals surface area contributed by atoms with E-state index in [1.165, 1.54) is 11.0 Å². The summed E-state index contributed by atoms with van der Waals surface area (Å²) < 4.78 is 37.7. The van der Waals surface area contributed by atoms with E-state index in [1.807, 2.05) is 6.92 Å². The van der Waals surface area contributed by atoms with Crippen LogP contribution in [0.3, 0.4) is 0 Å². The van der Waals surface area contributed by atoms with E-state index in [4.69, 9.17) is 9.47 Å². The number of halogens is 2. The molecule has 2 aromatic rings. The van der Waals surface area contributed by atoms with Gasteiger partial charge in [0.2, 0.25) is 0 Å². The van der Waals surface area contributed by atoms with Crippen molar-refractivity contribution >= 4 is 34.6 Å². The lowest BCUT2D eigenvalue weighted by Crippen LogP contribution is -2.23. The molecule has 1 heterocycles. The van der Waals surface area contributed by atoms with Crippen molar-refractivity contribution in [2.45, 2.75) is 6.92 Å². The summed E-state index contributed by atoms with van der Waals surface area (Å²) >= 11 is 1.11. The van der Waals surface area contributed by atoms with E-state index in [1.54, 1.807) is 38.4 Å². The van der Waals surface area contributed by atoms with Gasteiger partial charge in [-0.25, -0.2) is 13.8 Å². The highest BCUT2D eigenvalue weighted by Crippen LogP contribution is 2.35. The number of aliphatic imine (C=N–C) groups is 1. The molecule has 0 aromatic heterocycles. The predicted molar refractivity (Wildman–Crippen MR) is 106 cm³/mol. The standard InChI is InChI=1S/C20H18F2N2O3S/c1-4-27-17-9-12(5-8-16(17)26-3)10-18-19(25)24(2)20(28-18)23-15-7-6-13(21)11-14(15)22/h5-11H,4H2,1-3H3/b18-10-,23-20?. The van der Waals surface area contributed by atoms with Crippen LogP contribution in [0.25, 0.3) is 6.08 Å². The molecule has 28 heavy (non-hydrogen) atoms. The first-order chi connectivity index (χ1) is 13.4. The molecule has 1 aliphatic rings. The van der Waals surface area contributed by atoms with Gasteiger partial charge >= 0.3 is 0 Å². The van der Waals surface area contributed by atoms with E-state index in [0.717, 1.165) is 29.5 Å². The summed E-state index contributed by atoms with van der Waals surface area (Å²) in [6.07, 6.45) is 1.70. The number of hydrogen-bond donors (Lipinski definition) is 0. The van der Waals surface area contributed by atoms with Crippen LogP contribution >= 0.6 is 11.8 Å². The van der Waals surface area contributed by atoms with Crippen LogP contribution in [0.4, 0.5) is 14.5 Å². The highest BCUT2D eigenvalue weighted by atomic mass is 32.2. The summed E-state index contributed by atoms with van der Waals surface area (Å²) in [6, 6.07) is 8.44. The molecule has 1 amide bonds. The lowest BCUT2D eigenvalue weighted by Gasteiger charge is -2.09. The molecule has 0 unspecified atom stereocenters. The van der Waals surface area contributed by atoms with Crippen LogP contribution in [-0.4, -0.2) is 36.7 Å². The summed E-state index contributed by atoms with van der Waals surface area (Å²) in [5, 5.41) is 0.306. The minimum Gasteiger partial charge on any atom is -0.493 e. The predicted octanol–water partition coefficient (Wildman–Crippen LogP) is 4.61. The van der Waals surface area contributed by atoms with Gasteiger partial charge < -0.3 is 9.47 Å². The fourth-order valence-electron chi connectivity index (χ4n) is 2.53. The monoisotopic (exact) mass is 404 g/mol. The zero-order valence-electron chi connectivity index (χ0n) is 15.5. The second-order valence-corrected chi connectivity index (χ2v) is 6.82. The highest BCUT2D eigenvalue weighted by molar-refractivity contribution is 8.18. The third kappa shape index (κ3) is 4.17. The van der Waals surface area contributed by atoms with Crippen LogP contribution < -0.4 is 9.47 Å². The van der Waals surface area contributed by atoms with Gasteiger partial charge in [-0.1, -0.05) is 6.07 Å². The van der Waals surface area contributed by atoms with Gasteiger partial charge in [0.15, 0.2) is 22.5 Å². The Hall–Kier alpha value is -2.87. The smallest absolute Gasteiger partial charge is 0.266 e. The Morgan fingerprint density at radius 1 is 1.18 bits per heavy atom. The Bertz CT molecular complexity index is 976. The number of amides is 1. The van der Waals surface area contributed by atoms with Gasteiger partial charge in [-0.15, -0.1) is 0 Å². The molecule has 0 saturated carbocycles. The molecule has 2 aromatic carbocycles. The maximum Gasteiger partial charge on any atom is 0.266 e. The van der Waals surface area contributed by atoms with Crippen LogP contribution in [0.5, 0.6) is 11.5 Å². The van der Waals surface area contributed by atoms with Crippen LogP contribution in [0.1, 0.15) is 12.5 Å². The number of rotatable bonds is 5. The number of likely N-dealkylation sites (N-methyl/N-ethyl adjacent to an activating group) is 1. The second kappa shape index (κ2) is 8.43. The minimum atomic E-state index is -0.789. The van der Waals surface area contributed by atoms with E-state index in [-0.39, 0.29) is 11.6 Å². The average molecular weight is 404 g/mol. The van der Waals surface area contributed by atoms with Crippen LogP contribution in [0, 0.1) is 11.6 Å². The maximum atomic E-state index is 13.9. The highest BCUT2D eigenvalue weighted by Gasteiger charge is 2.30. The van der Waals surface area contributed by atoms with E-state index < -0.39 is 11.6 Å². The van der Waals surface area contributed by atoms with E-state index in [9.17, 15) is 13.6 Å². The fraction of sp³-hybridized carbons (Fsp3) is 0.200. The molecule has 0 bridgehead atoms. The Morgan fingerprint density at radius 2 is 1.96 bits per heavy atom. The van der Waals surface area contributed by atoms with Crippen molar-refractivity contribution in [3.63, 3.8) is 0 Å². The lowest BCUT2D eigenvalue weighted by atomic mass is 10.2. The zero-order chi connectivity index (χ0) is 20.3. The molecule has 8 heteroatoms. The van der Waals surface area contributed by atoms with Crippen molar-refractivity contribution in [2.75, 3.05) is 20.8 Å². The minimum absolute atomic E-state index is 0.0344. The van der Waals surface area contributed by atoms with Crippen LogP contribution in [-0.2, 0) is 4.79 Å². The molecule has 0 radical (unpaired) electrons. The Balaban J connectivity index is 1.91. The summed E-state index contributed by atoms with van der Waals surface area (Å²) in [4.78, 5) is 18.4. The lowest BCUT2D eigenvalue weighted by molar-refractivity contribution is -0.121. The zero-order valence-corrected chi connectivity index (χ0v) is 16.3. The number of ether oxygens (including phenoxy) is 2. The molecule has 1 saturated heterocycles. The molecule has 5 nitrogen and oxygen atoms in total. The number of carbonyl (C=O) groups excluding carboxylic acids is 1. The Kier molecular flexibility index (Phi) is 5.99. The summed E-state index contributed by atoms with van der Waals surface area (Å²) in [5.74, 6) is -0.566. The normalized spacial score (nSPS) is 16.9. The number of thioether (sulfide) groups is 1. The van der Waals surface area contributed by atoms with Gasteiger partial charge in [-0.2, -0.15) is 0 Å². The molecule has 146 valence electrons. The number of hydrogen-bond acceptors (Lipinski definition) is 5. The molecule has 1 fully saturated rings. The number of methoxy groups -OCH3 is 1. The van der Waals surface area contributed by atoms with Crippen LogP contribution in [0.15, 0.2) is 46.3 Å². The first kappa shape index (κ1) is 19.9. The van der Waals surface area contributed by atoms with Crippen molar-refractivity contribution in [3.05, 3.63) is 58.5 Å². The number of nitrogens with zero attached hydrogens (tertiary/aromatic N) is 2. The average Bonchev–Trinajstić information content (AvgIpc) is 2.92. The topological polar surface area (TPSA) is 51.1 Å². The van der Waals surface area contributed by atoms with E-state index >= 15 is 0 Å². The molecule has 0 spiro atoms. The van der Waals surface area contributed by atoms with Crippen LogP contribution in [0.2, 0.25) is 0 Å². The number of benzene rings is 2. The van der Waals surface area contributed by atoms with Gasteiger partial charge in [0.25, 0.3) is 5.91 Å². The largest absolute Gasteiger partial charge is 0.493 e. The van der Waals surface area contributed by atoms with Gasteiger partial charge in [-0.3, -0.25) is 9.69 Å². The van der Waals surface area contributed by atoms with E-state index in [2.05, 4.69) is 4.99 Å². The van der Waals surface area contributed by atoms with Crippen molar-refractivity contribution in [1.82, 2.24) is 4.90 Å². The quantitative estimate of drug-likeness (QED) is 0.683. The fourth-order valence-corrected chi connectivity index (χ4v) is 3.51. The van der Waals surface area contributed by atoms with Crippen molar-refractivity contribution in [1.29, 1.82) is 0 Å². The molecule has 1 aliphatic heterocycles. The summed E-state index contributed by atoms with van der Waals surface area (Å²) in [5.41, 5.74) is 0.718. The van der Waals surface area contributed by atoms with Gasteiger partial charge in [0.1, 0.15) is 11.5 Å². The molecular weight excluding hydrogens is 386 g/mol. The van der Waals surface area contributed by atoms with Crippen molar-refractivity contribution in [3.8, 4) is 11.5 Å². The Morgan fingerprint density at radius 3 is 2.64 bits per heavy atom. The second-order valence-electron chi connectivity index (χ2n) is 5.81. The molecule has 3 rings (SSSR count). The van der Waals surface area contributed by atoms with Crippen molar-refractivity contribution < 1.29 is 23.0 Å². The van der Waals surface area contributed by atoms with E-state index in [0.29, 0.717) is 28.2 Å². The first-order valence-electron chi connectivity index (χ1n) is 8.45. The third-order valence-corrected chi connectivity index (χ3v) is 4.97. The van der Waals surface area contributed by atoms with Gasteiger partial charge in [-0.05, 0) is 54.6 Å². The van der Waals surface area contributed by atoms with Gasteiger partial charge in [0, 0.05) is 13.1 Å². The SMILES string of the molecule is CCOc1cc(/C=C2\SC(=Nc3ccc(F)cc3F)N(C)C2=O)ccc1OC. The van der Waals surface area contributed by atoms with Gasteiger partial charge in [0.05, 0.1) is 18.6 Å². The number of carbonyl (C=O) groups is 1. The molecule has 0 N–H and O–H groups in total. The Labute approximate surface area is 165 Å². The first-order valence-corrected chi connectivity index (χ1v) is 9.26. The molecule has 0 atom stereocenters. The maximum absolute atomic E-state index is 13.9. The van der Waals surface area contributed by atoms with Crippen molar-refractivity contribution in [2.24, 2.45) is 4.99 Å². The summed E-state index contributed by atoms with van der Waals surface area (Å²) in [6.45, 7) is 2.35. The third-order valence-electron chi connectivity index (χ3n) is 3.91. The molecular formula is C20H18F2N2O3S. The molecule has 0 aliphatic carbocycles.